The highest BCUT2D eigenvalue weighted by Gasteiger charge is 2.40. The minimum atomic E-state index is -4.72. The fourth-order valence-electron chi connectivity index (χ4n) is 0.809. The standard InChI is InChI=1S/C7H5ClF4N2/c8-3-1-4(9)5(14-2-3)6(13)7(10,11)12/h1-2,6H,13H2/t6-/m1/s1. The largest absolute Gasteiger partial charge is 0.409 e. The second-order valence-corrected chi connectivity index (χ2v) is 2.98. The average Bonchev–Trinajstić information content (AvgIpc) is 2.01. The molecule has 7 heteroatoms. The van der Waals surface area contributed by atoms with Crippen LogP contribution < -0.4 is 5.73 Å². The van der Waals surface area contributed by atoms with E-state index < -0.39 is 23.7 Å². The molecule has 0 fully saturated rings. The molecule has 0 amide bonds. The zero-order valence-corrected chi connectivity index (χ0v) is 7.40. The van der Waals surface area contributed by atoms with Crippen molar-refractivity contribution in [2.24, 2.45) is 5.73 Å². The third-order valence-electron chi connectivity index (χ3n) is 1.48. The van der Waals surface area contributed by atoms with Gasteiger partial charge in [0, 0.05) is 6.20 Å². The third-order valence-corrected chi connectivity index (χ3v) is 1.69. The molecule has 1 rings (SSSR count). The Labute approximate surface area is 81.7 Å². The van der Waals surface area contributed by atoms with Crippen molar-refractivity contribution < 1.29 is 17.6 Å². The normalized spacial score (nSPS) is 14.1. The number of hydrogen-bond donors (Lipinski definition) is 1. The summed E-state index contributed by atoms with van der Waals surface area (Å²) in [6, 6.07) is -1.70. The highest BCUT2D eigenvalue weighted by Crippen LogP contribution is 2.30. The zero-order chi connectivity index (χ0) is 10.9. The van der Waals surface area contributed by atoms with Crippen LogP contribution in [0.15, 0.2) is 12.3 Å². The fourth-order valence-corrected chi connectivity index (χ4v) is 0.954. The van der Waals surface area contributed by atoms with E-state index in [0.717, 1.165) is 12.3 Å². The van der Waals surface area contributed by atoms with Gasteiger partial charge in [-0.2, -0.15) is 13.2 Å². The molecule has 0 aliphatic carbocycles. The first-order valence-electron chi connectivity index (χ1n) is 3.45. The minimum Gasteiger partial charge on any atom is -0.315 e. The summed E-state index contributed by atoms with van der Waals surface area (Å²) in [5, 5.41) is -0.0828. The highest BCUT2D eigenvalue weighted by molar-refractivity contribution is 6.30. The van der Waals surface area contributed by atoms with E-state index in [9.17, 15) is 17.6 Å². The molecule has 0 unspecified atom stereocenters. The Hall–Kier alpha value is -0.880. The number of hydrogen-bond acceptors (Lipinski definition) is 2. The lowest BCUT2D eigenvalue weighted by atomic mass is 10.2. The van der Waals surface area contributed by atoms with Gasteiger partial charge in [-0.05, 0) is 6.07 Å². The molecule has 1 aromatic rings. The Bertz CT molecular complexity index is 339. The summed E-state index contributed by atoms with van der Waals surface area (Å²) in [5.41, 5.74) is 3.89. The van der Waals surface area contributed by atoms with E-state index in [0.29, 0.717) is 0 Å². The van der Waals surface area contributed by atoms with Crippen LogP contribution in [0.4, 0.5) is 17.6 Å². The van der Waals surface area contributed by atoms with Gasteiger partial charge in [0.05, 0.1) is 5.02 Å². The molecule has 14 heavy (non-hydrogen) atoms. The van der Waals surface area contributed by atoms with Crippen molar-refractivity contribution in [2.75, 3.05) is 0 Å². The molecule has 0 aromatic carbocycles. The van der Waals surface area contributed by atoms with Gasteiger partial charge in [0.2, 0.25) is 0 Å². The van der Waals surface area contributed by atoms with E-state index in [4.69, 9.17) is 17.3 Å². The van der Waals surface area contributed by atoms with Crippen molar-refractivity contribution in [3.63, 3.8) is 0 Å². The van der Waals surface area contributed by atoms with Gasteiger partial charge in [-0.1, -0.05) is 11.6 Å². The quantitative estimate of drug-likeness (QED) is 0.750. The first-order valence-corrected chi connectivity index (χ1v) is 3.83. The van der Waals surface area contributed by atoms with Crippen molar-refractivity contribution in [3.05, 3.63) is 28.8 Å². The fraction of sp³-hybridized carbons (Fsp3) is 0.286. The molecule has 0 spiro atoms. The zero-order valence-electron chi connectivity index (χ0n) is 6.65. The molecule has 2 N–H and O–H groups in total. The second kappa shape index (κ2) is 3.70. The monoisotopic (exact) mass is 228 g/mol. The van der Waals surface area contributed by atoms with E-state index in [-0.39, 0.29) is 5.02 Å². The van der Waals surface area contributed by atoms with Gasteiger partial charge >= 0.3 is 6.18 Å². The molecule has 0 bridgehead atoms. The molecule has 2 nitrogen and oxygen atoms in total. The molecule has 78 valence electrons. The molecule has 0 aliphatic rings. The van der Waals surface area contributed by atoms with Gasteiger partial charge < -0.3 is 5.73 Å². The van der Waals surface area contributed by atoms with Crippen molar-refractivity contribution >= 4 is 11.6 Å². The number of rotatable bonds is 1. The lowest BCUT2D eigenvalue weighted by Gasteiger charge is -2.15. The minimum absolute atomic E-state index is 0.0828. The molecule has 0 radical (unpaired) electrons. The van der Waals surface area contributed by atoms with Gasteiger partial charge in [0.1, 0.15) is 17.6 Å². The van der Waals surface area contributed by atoms with Crippen LogP contribution in [0.25, 0.3) is 0 Å². The van der Waals surface area contributed by atoms with Crippen LogP contribution in [0.5, 0.6) is 0 Å². The smallest absolute Gasteiger partial charge is 0.315 e. The van der Waals surface area contributed by atoms with E-state index in [1.54, 1.807) is 0 Å². The van der Waals surface area contributed by atoms with E-state index >= 15 is 0 Å². The van der Waals surface area contributed by atoms with Crippen molar-refractivity contribution in [2.45, 2.75) is 12.2 Å². The van der Waals surface area contributed by atoms with Crippen LogP contribution in [0, 0.1) is 5.82 Å². The summed E-state index contributed by atoms with van der Waals surface area (Å²) >= 11 is 5.31. The Morgan fingerprint density at radius 3 is 2.43 bits per heavy atom. The molecule has 0 saturated carbocycles. The Balaban J connectivity index is 3.08. The molecule has 0 saturated heterocycles. The SMILES string of the molecule is N[C@H](c1ncc(Cl)cc1F)C(F)(F)F. The summed E-state index contributed by atoms with van der Waals surface area (Å²) in [6.07, 6.45) is -3.81. The van der Waals surface area contributed by atoms with Gasteiger partial charge in [0.25, 0.3) is 0 Å². The Morgan fingerprint density at radius 1 is 1.43 bits per heavy atom. The number of nitrogens with two attached hydrogens (primary N) is 1. The maximum absolute atomic E-state index is 12.9. The third kappa shape index (κ3) is 2.33. The molecular formula is C7H5ClF4N2. The predicted octanol–water partition coefficient (Wildman–Crippen LogP) is 2.44. The van der Waals surface area contributed by atoms with Crippen LogP contribution in [-0.2, 0) is 0 Å². The van der Waals surface area contributed by atoms with E-state index in [1.165, 1.54) is 0 Å². The lowest BCUT2D eigenvalue weighted by Crippen LogP contribution is -2.30. The van der Waals surface area contributed by atoms with Crippen LogP contribution in [0.2, 0.25) is 5.02 Å². The van der Waals surface area contributed by atoms with Crippen LogP contribution in [0.3, 0.4) is 0 Å². The van der Waals surface area contributed by atoms with Crippen molar-refractivity contribution in [1.29, 1.82) is 0 Å². The average molecular weight is 229 g/mol. The second-order valence-electron chi connectivity index (χ2n) is 2.54. The van der Waals surface area contributed by atoms with Gasteiger partial charge in [-0.3, -0.25) is 4.98 Å². The van der Waals surface area contributed by atoms with Crippen LogP contribution in [-0.4, -0.2) is 11.2 Å². The number of alkyl halides is 3. The summed E-state index contributed by atoms with van der Waals surface area (Å²) < 4.78 is 49.1. The number of aromatic nitrogens is 1. The maximum Gasteiger partial charge on any atom is 0.409 e. The highest BCUT2D eigenvalue weighted by atomic mass is 35.5. The Morgan fingerprint density at radius 2 is 2.00 bits per heavy atom. The first-order chi connectivity index (χ1) is 6.32. The molecular weight excluding hydrogens is 224 g/mol. The van der Waals surface area contributed by atoms with Crippen LogP contribution >= 0.6 is 11.6 Å². The lowest BCUT2D eigenvalue weighted by molar-refractivity contribution is -0.150. The number of pyridine rings is 1. The van der Waals surface area contributed by atoms with Gasteiger partial charge in [0.15, 0.2) is 0 Å². The Kier molecular flexibility index (Phi) is 2.96. The summed E-state index contributed by atoms with van der Waals surface area (Å²) in [4.78, 5) is 3.19. The summed E-state index contributed by atoms with van der Waals surface area (Å²) in [5.74, 6) is -1.16. The van der Waals surface area contributed by atoms with Crippen molar-refractivity contribution in [3.8, 4) is 0 Å². The summed E-state index contributed by atoms with van der Waals surface area (Å²) in [6.45, 7) is 0. The topological polar surface area (TPSA) is 38.9 Å². The molecule has 1 heterocycles. The predicted molar refractivity (Wildman–Crippen MR) is 42.2 cm³/mol. The first kappa shape index (κ1) is 11.2. The molecule has 0 aliphatic heterocycles. The van der Waals surface area contributed by atoms with Gasteiger partial charge in [-0.15, -0.1) is 0 Å². The number of halogens is 5. The van der Waals surface area contributed by atoms with Crippen molar-refractivity contribution in [1.82, 2.24) is 4.98 Å². The van der Waals surface area contributed by atoms with Gasteiger partial charge in [-0.25, -0.2) is 4.39 Å². The maximum atomic E-state index is 12.9. The van der Waals surface area contributed by atoms with Crippen LogP contribution in [0.1, 0.15) is 11.7 Å². The summed E-state index contributed by atoms with van der Waals surface area (Å²) in [7, 11) is 0. The molecule has 1 atom stereocenters. The number of nitrogens with zero attached hydrogens (tertiary/aromatic N) is 1. The van der Waals surface area contributed by atoms with E-state index in [1.807, 2.05) is 0 Å². The molecule has 1 aromatic heterocycles. The van der Waals surface area contributed by atoms with E-state index in [2.05, 4.69) is 4.98 Å².